The molecule has 1 atom stereocenters. The van der Waals surface area contributed by atoms with E-state index in [4.69, 9.17) is 0 Å². The van der Waals surface area contributed by atoms with Crippen molar-refractivity contribution in [2.75, 3.05) is 0 Å². The number of carbonyl (C=O) groups excluding carboxylic acids is 1. The highest BCUT2D eigenvalue weighted by Gasteiger charge is 2.30. The number of hydrogen-bond donors (Lipinski definition) is 1. The summed E-state index contributed by atoms with van der Waals surface area (Å²) in [6, 6.07) is 12.5. The molecule has 1 aromatic carbocycles. The molecule has 150 valence electrons. The molecule has 1 N–H and O–H groups in total. The van der Waals surface area contributed by atoms with Crippen molar-refractivity contribution < 1.29 is 9.18 Å². The van der Waals surface area contributed by atoms with E-state index in [2.05, 4.69) is 15.3 Å². The first-order valence-corrected chi connectivity index (χ1v) is 10.3. The van der Waals surface area contributed by atoms with Crippen LogP contribution in [0.2, 0.25) is 0 Å². The summed E-state index contributed by atoms with van der Waals surface area (Å²) in [5.74, 6) is 0.614. The molecule has 5 heteroatoms. The first-order chi connectivity index (χ1) is 14.1. The van der Waals surface area contributed by atoms with Crippen molar-refractivity contribution in [2.45, 2.75) is 45.1 Å². The monoisotopic (exact) mass is 391 g/mol. The standard InChI is InChI=1S/C24H26FN3O/c1-16(24(29)28-15-20-4-2-3-12-26-20)17-5-7-18(8-6-17)21-11-13-27-23-10-9-19(25)14-22(21)23/h2-4,9-14,16-18H,5-8,15H2,1H3,(H,28,29). The number of nitrogens with zero attached hydrogens (tertiary/aromatic N) is 2. The third-order valence-electron chi connectivity index (χ3n) is 6.24. The number of benzene rings is 1. The van der Waals surface area contributed by atoms with Crippen molar-refractivity contribution >= 4 is 16.8 Å². The maximum Gasteiger partial charge on any atom is 0.223 e. The predicted octanol–water partition coefficient (Wildman–Crippen LogP) is 5.00. The number of amides is 1. The number of rotatable bonds is 5. The van der Waals surface area contributed by atoms with Gasteiger partial charge < -0.3 is 5.32 Å². The Bertz CT molecular complexity index is 984. The summed E-state index contributed by atoms with van der Waals surface area (Å²) >= 11 is 0. The van der Waals surface area contributed by atoms with Crippen LogP contribution < -0.4 is 5.32 Å². The first-order valence-electron chi connectivity index (χ1n) is 10.3. The van der Waals surface area contributed by atoms with Crippen LogP contribution in [0.4, 0.5) is 4.39 Å². The number of aromatic nitrogens is 2. The maximum atomic E-state index is 13.8. The Morgan fingerprint density at radius 3 is 2.69 bits per heavy atom. The highest BCUT2D eigenvalue weighted by Crippen LogP contribution is 2.40. The van der Waals surface area contributed by atoms with Crippen molar-refractivity contribution in [1.29, 1.82) is 0 Å². The Hall–Kier alpha value is -2.82. The molecule has 1 amide bonds. The average molecular weight is 391 g/mol. The third-order valence-corrected chi connectivity index (χ3v) is 6.24. The lowest BCUT2D eigenvalue weighted by atomic mass is 9.73. The van der Waals surface area contributed by atoms with Gasteiger partial charge in [0.15, 0.2) is 0 Å². The minimum atomic E-state index is -0.223. The molecular formula is C24H26FN3O. The molecule has 2 aromatic heterocycles. The molecule has 3 aromatic rings. The fraction of sp³-hybridized carbons (Fsp3) is 0.375. The Balaban J connectivity index is 1.37. The molecule has 1 fully saturated rings. The number of carbonyl (C=O) groups is 1. The van der Waals surface area contributed by atoms with Gasteiger partial charge in [-0.3, -0.25) is 14.8 Å². The van der Waals surface area contributed by atoms with E-state index in [0.29, 0.717) is 18.4 Å². The van der Waals surface area contributed by atoms with Gasteiger partial charge in [-0.1, -0.05) is 13.0 Å². The SMILES string of the molecule is CC(C(=O)NCc1ccccn1)C1CCC(c2ccnc3ccc(F)cc23)CC1. The molecule has 0 saturated heterocycles. The average Bonchev–Trinajstić information content (AvgIpc) is 2.77. The second-order valence-electron chi connectivity index (χ2n) is 8.00. The molecule has 4 nitrogen and oxygen atoms in total. The van der Waals surface area contributed by atoms with E-state index in [9.17, 15) is 9.18 Å². The molecule has 0 spiro atoms. The van der Waals surface area contributed by atoms with Crippen LogP contribution in [0.3, 0.4) is 0 Å². The summed E-state index contributed by atoms with van der Waals surface area (Å²) in [5.41, 5.74) is 2.89. The zero-order valence-corrected chi connectivity index (χ0v) is 16.6. The van der Waals surface area contributed by atoms with E-state index in [1.54, 1.807) is 18.3 Å². The fourth-order valence-corrected chi connectivity index (χ4v) is 4.48. The van der Waals surface area contributed by atoms with Crippen LogP contribution >= 0.6 is 0 Å². The lowest BCUT2D eigenvalue weighted by Gasteiger charge is -2.32. The van der Waals surface area contributed by atoms with Crippen LogP contribution in [-0.4, -0.2) is 15.9 Å². The molecule has 1 saturated carbocycles. The van der Waals surface area contributed by atoms with Gasteiger partial charge in [0.1, 0.15) is 5.82 Å². The molecule has 0 aliphatic heterocycles. The molecule has 1 unspecified atom stereocenters. The van der Waals surface area contributed by atoms with Crippen LogP contribution in [-0.2, 0) is 11.3 Å². The molecule has 29 heavy (non-hydrogen) atoms. The lowest BCUT2D eigenvalue weighted by Crippen LogP contribution is -2.34. The Kier molecular flexibility index (Phi) is 5.84. The largest absolute Gasteiger partial charge is 0.350 e. The van der Waals surface area contributed by atoms with Crippen LogP contribution in [0.15, 0.2) is 54.9 Å². The Labute approximate surface area is 170 Å². The molecule has 1 aliphatic rings. The molecule has 0 radical (unpaired) electrons. The number of halogens is 1. The number of hydrogen-bond acceptors (Lipinski definition) is 3. The second-order valence-corrected chi connectivity index (χ2v) is 8.00. The normalized spacial score (nSPS) is 20.3. The quantitative estimate of drug-likeness (QED) is 0.666. The van der Waals surface area contributed by atoms with Gasteiger partial charge in [0.05, 0.1) is 17.8 Å². The van der Waals surface area contributed by atoms with E-state index < -0.39 is 0 Å². The smallest absolute Gasteiger partial charge is 0.223 e. The van der Waals surface area contributed by atoms with Gasteiger partial charge in [0, 0.05) is 23.7 Å². The summed E-state index contributed by atoms with van der Waals surface area (Å²) in [7, 11) is 0. The van der Waals surface area contributed by atoms with Crippen LogP contribution in [0.25, 0.3) is 10.9 Å². The van der Waals surface area contributed by atoms with Gasteiger partial charge in [-0.25, -0.2) is 4.39 Å². The highest BCUT2D eigenvalue weighted by molar-refractivity contribution is 5.82. The summed E-state index contributed by atoms with van der Waals surface area (Å²) < 4.78 is 13.8. The highest BCUT2D eigenvalue weighted by atomic mass is 19.1. The van der Waals surface area contributed by atoms with Crippen LogP contribution in [0.1, 0.15) is 49.8 Å². The second kappa shape index (κ2) is 8.68. The summed E-state index contributed by atoms with van der Waals surface area (Å²) in [4.78, 5) is 21.2. The molecule has 2 heterocycles. The molecule has 0 bridgehead atoms. The van der Waals surface area contributed by atoms with Gasteiger partial charge in [-0.05, 0) is 79.5 Å². The summed E-state index contributed by atoms with van der Waals surface area (Å²) in [6.07, 6.45) is 7.58. The van der Waals surface area contributed by atoms with Crippen LogP contribution in [0, 0.1) is 17.7 Å². The summed E-state index contributed by atoms with van der Waals surface area (Å²) in [5, 5.41) is 3.93. The van der Waals surface area contributed by atoms with Crippen molar-refractivity contribution in [3.05, 3.63) is 71.9 Å². The van der Waals surface area contributed by atoms with Crippen molar-refractivity contribution in [3.8, 4) is 0 Å². The zero-order chi connectivity index (χ0) is 20.2. The van der Waals surface area contributed by atoms with Crippen molar-refractivity contribution in [1.82, 2.24) is 15.3 Å². The van der Waals surface area contributed by atoms with Gasteiger partial charge in [-0.15, -0.1) is 0 Å². The molecule has 4 rings (SSSR count). The third kappa shape index (κ3) is 4.44. The molecule has 1 aliphatic carbocycles. The number of fused-ring (bicyclic) bond motifs is 1. The minimum Gasteiger partial charge on any atom is -0.350 e. The van der Waals surface area contributed by atoms with Gasteiger partial charge >= 0.3 is 0 Å². The summed E-state index contributed by atoms with van der Waals surface area (Å²) in [6.45, 7) is 2.49. The minimum absolute atomic E-state index is 0.0220. The fourth-order valence-electron chi connectivity index (χ4n) is 4.48. The van der Waals surface area contributed by atoms with E-state index in [-0.39, 0.29) is 17.6 Å². The van der Waals surface area contributed by atoms with Crippen molar-refractivity contribution in [2.24, 2.45) is 11.8 Å². The first kappa shape index (κ1) is 19.5. The molecular weight excluding hydrogens is 365 g/mol. The van der Waals surface area contributed by atoms with E-state index >= 15 is 0 Å². The Morgan fingerprint density at radius 2 is 1.93 bits per heavy atom. The van der Waals surface area contributed by atoms with Crippen molar-refractivity contribution in [3.63, 3.8) is 0 Å². The van der Waals surface area contributed by atoms with E-state index in [1.807, 2.05) is 37.4 Å². The number of nitrogens with one attached hydrogen (secondary N) is 1. The topological polar surface area (TPSA) is 54.9 Å². The maximum absolute atomic E-state index is 13.8. The predicted molar refractivity (Wildman–Crippen MR) is 112 cm³/mol. The van der Waals surface area contributed by atoms with E-state index in [1.165, 1.54) is 11.6 Å². The van der Waals surface area contributed by atoms with Gasteiger partial charge in [0.2, 0.25) is 5.91 Å². The van der Waals surface area contributed by atoms with Gasteiger partial charge in [0.25, 0.3) is 0 Å². The zero-order valence-electron chi connectivity index (χ0n) is 16.6. The Morgan fingerprint density at radius 1 is 1.10 bits per heavy atom. The van der Waals surface area contributed by atoms with Gasteiger partial charge in [-0.2, -0.15) is 0 Å². The van der Waals surface area contributed by atoms with Crippen LogP contribution in [0.5, 0.6) is 0 Å². The number of pyridine rings is 2. The van der Waals surface area contributed by atoms with E-state index in [0.717, 1.165) is 42.3 Å². The lowest BCUT2D eigenvalue weighted by molar-refractivity contribution is -0.126.